The van der Waals surface area contributed by atoms with Crippen molar-refractivity contribution in [2.75, 3.05) is 12.1 Å². The van der Waals surface area contributed by atoms with Gasteiger partial charge in [0.15, 0.2) is 6.42 Å². The maximum absolute atomic E-state index is 12.0. The van der Waals surface area contributed by atoms with Crippen LogP contribution in [0.25, 0.3) is 0 Å². The molecule has 1 aromatic carbocycles. The Kier molecular flexibility index (Phi) is 3.69. The van der Waals surface area contributed by atoms with Crippen LogP contribution in [0.3, 0.4) is 0 Å². The molecule has 0 aromatic heterocycles. The Hall–Kier alpha value is -0.950. The van der Waals surface area contributed by atoms with Crippen molar-refractivity contribution in [3.8, 4) is 0 Å². The summed E-state index contributed by atoms with van der Waals surface area (Å²) in [4.78, 5) is 8.36. The molecular weight excluding hydrogens is 260 g/mol. The molecule has 0 amide bonds. The molecule has 0 spiro atoms. The van der Waals surface area contributed by atoms with Gasteiger partial charge in [-0.25, -0.2) is 4.39 Å². The van der Waals surface area contributed by atoms with Gasteiger partial charge in [-0.15, -0.1) is 0 Å². The van der Waals surface area contributed by atoms with Crippen LogP contribution in [0.1, 0.15) is 0 Å². The summed E-state index contributed by atoms with van der Waals surface area (Å²) in [5.74, 6) is 0. The Bertz CT molecular complexity index is 514. The van der Waals surface area contributed by atoms with Crippen LogP contribution in [-0.2, 0) is 18.7 Å². The Morgan fingerprint density at radius 2 is 1.88 bits per heavy atom. The molecule has 0 saturated carbocycles. The third kappa shape index (κ3) is 3.28. The van der Waals surface area contributed by atoms with E-state index >= 15 is 0 Å². The SMILES string of the molecule is Nc1ccc(S(=O)(=O)OP(=O)(O)CF)cc1. The van der Waals surface area contributed by atoms with E-state index in [1.54, 1.807) is 0 Å². The van der Waals surface area contributed by atoms with E-state index in [1.165, 1.54) is 12.1 Å². The molecule has 1 rings (SSSR count). The van der Waals surface area contributed by atoms with E-state index in [4.69, 9.17) is 10.6 Å². The molecule has 9 heteroatoms. The average molecular weight is 269 g/mol. The highest BCUT2D eigenvalue weighted by Crippen LogP contribution is 2.45. The van der Waals surface area contributed by atoms with Gasteiger partial charge < -0.3 is 10.6 Å². The van der Waals surface area contributed by atoms with Crippen molar-refractivity contribution >= 4 is 23.4 Å². The van der Waals surface area contributed by atoms with Gasteiger partial charge in [0.05, 0.1) is 4.90 Å². The van der Waals surface area contributed by atoms with Crippen molar-refractivity contribution in [1.82, 2.24) is 0 Å². The van der Waals surface area contributed by atoms with E-state index in [1.807, 2.05) is 0 Å². The lowest BCUT2D eigenvalue weighted by atomic mass is 10.3. The highest BCUT2D eigenvalue weighted by molar-refractivity contribution is 7.91. The fraction of sp³-hybridized carbons (Fsp3) is 0.143. The van der Waals surface area contributed by atoms with Gasteiger partial charge in [0, 0.05) is 5.69 Å². The van der Waals surface area contributed by atoms with Gasteiger partial charge >= 0.3 is 17.7 Å². The Balaban J connectivity index is 3.04. The molecule has 0 aliphatic heterocycles. The van der Waals surface area contributed by atoms with Gasteiger partial charge in [-0.3, -0.25) is 4.57 Å². The molecule has 0 bridgehead atoms. The minimum absolute atomic E-state index is 0.316. The first-order valence-corrected chi connectivity index (χ1v) is 7.13. The monoisotopic (exact) mass is 269 g/mol. The van der Waals surface area contributed by atoms with Gasteiger partial charge in [-0.1, -0.05) is 0 Å². The number of rotatable bonds is 4. The van der Waals surface area contributed by atoms with Gasteiger partial charge in [-0.05, 0) is 24.3 Å². The molecule has 0 heterocycles. The summed E-state index contributed by atoms with van der Waals surface area (Å²) < 4.78 is 49.3. The van der Waals surface area contributed by atoms with Crippen LogP contribution in [-0.4, -0.2) is 19.7 Å². The number of halogens is 1. The first-order valence-electron chi connectivity index (χ1n) is 3.96. The second kappa shape index (κ2) is 4.50. The van der Waals surface area contributed by atoms with E-state index in [-0.39, 0.29) is 4.90 Å². The average Bonchev–Trinajstić information content (AvgIpc) is 2.17. The number of nitrogens with two attached hydrogens (primary N) is 1. The van der Waals surface area contributed by atoms with Crippen LogP contribution in [0.2, 0.25) is 0 Å². The van der Waals surface area contributed by atoms with Crippen molar-refractivity contribution < 1.29 is 26.2 Å². The zero-order valence-corrected chi connectivity index (χ0v) is 9.62. The number of hydrogen-bond acceptors (Lipinski definition) is 5. The Morgan fingerprint density at radius 3 is 2.31 bits per heavy atom. The van der Waals surface area contributed by atoms with E-state index in [2.05, 4.69) is 3.97 Å². The first kappa shape index (κ1) is 13.1. The lowest BCUT2D eigenvalue weighted by Crippen LogP contribution is -2.05. The van der Waals surface area contributed by atoms with Gasteiger partial charge in [-0.2, -0.15) is 12.4 Å². The second-order valence-electron chi connectivity index (χ2n) is 2.85. The Morgan fingerprint density at radius 1 is 1.38 bits per heavy atom. The first-order chi connectivity index (χ1) is 7.27. The minimum Gasteiger partial charge on any atom is -0.399 e. The number of hydrogen-bond donors (Lipinski definition) is 2. The summed E-state index contributed by atoms with van der Waals surface area (Å²) in [5.41, 5.74) is 5.64. The smallest absolute Gasteiger partial charge is 0.373 e. The van der Waals surface area contributed by atoms with Crippen LogP contribution < -0.4 is 5.73 Å². The topological polar surface area (TPSA) is 107 Å². The summed E-state index contributed by atoms with van der Waals surface area (Å²) in [6, 6.07) is 4.72. The fourth-order valence-corrected chi connectivity index (χ4v) is 3.05. The van der Waals surface area contributed by atoms with Gasteiger partial charge in [0.25, 0.3) is 0 Å². The zero-order chi connectivity index (χ0) is 12.4. The molecule has 0 aliphatic carbocycles. The molecule has 1 atom stereocenters. The number of benzene rings is 1. The molecule has 6 nitrogen and oxygen atoms in total. The van der Waals surface area contributed by atoms with Crippen molar-refractivity contribution in [2.45, 2.75) is 4.90 Å². The molecular formula is C7H9FNO5PS. The van der Waals surface area contributed by atoms with E-state index in [9.17, 15) is 17.4 Å². The lowest BCUT2D eigenvalue weighted by molar-refractivity contribution is 0.354. The third-order valence-electron chi connectivity index (χ3n) is 1.53. The van der Waals surface area contributed by atoms with E-state index in [0.717, 1.165) is 12.1 Å². The quantitative estimate of drug-likeness (QED) is 0.625. The van der Waals surface area contributed by atoms with Crippen LogP contribution in [0.5, 0.6) is 0 Å². The van der Waals surface area contributed by atoms with Crippen LogP contribution in [0, 0.1) is 0 Å². The highest BCUT2D eigenvalue weighted by atomic mass is 32.2. The summed E-state index contributed by atoms with van der Waals surface area (Å²) >= 11 is 0. The minimum atomic E-state index is -4.76. The molecule has 1 unspecified atom stereocenters. The maximum atomic E-state index is 12.0. The van der Waals surface area contributed by atoms with Crippen LogP contribution in [0.4, 0.5) is 10.1 Å². The molecule has 1 aromatic rings. The zero-order valence-electron chi connectivity index (χ0n) is 7.91. The van der Waals surface area contributed by atoms with E-state index < -0.39 is 24.1 Å². The highest BCUT2D eigenvalue weighted by Gasteiger charge is 2.29. The number of alkyl halides is 1. The summed E-state index contributed by atoms with van der Waals surface area (Å²) in [5, 5.41) is 0. The summed E-state index contributed by atoms with van der Waals surface area (Å²) in [6.07, 6.45) is -1.78. The van der Waals surface area contributed by atoms with Crippen molar-refractivity contribution in [3.05, 3.63) is 24.3 Å². The largest absolute Gasteiger partial charge is 0.399 e. The summed E-state index contributed by atoms with van der Waals surface area (Å²) in [7, 11) is -9.21. The third-order valence-corrected chi connectivity index (χ3v) is 4.40. The number of anilines is 1. The van der Waals surface area contributed by atoms with Gasteiger partial charge in [0.1, 0.15) is 0 Å². The van der Waals surface area contributed by atoms with Gasteiger partial charge in [0.2, 0.25) is 0 Å². The molecule has 16 heavy (non-hydrogen) atoms. The van der Waals surface area contributed by atoms with Crippen molar-refractivity contribution in [2.24, 2.45) is 0 Å². The standard InChI is InChI=1S/C7H9FNO5PS/c8-5-15(10,11)14-16(12,13)7-3-1-6(9)2-4-7/h1-4H,5,9H2,(H,10,11). The second-order valence-corrected chi connectivity index (χ2v) is 6.34. The van der Waals surface area contributed by atoms with Crippen molar-refractivity contribution in [1.29, 1.82) is 0 Å². The number of nitrogen functional groups attached to an aromatic ring is 1. The predicted octanol–water partition coefficient (Wildman–Crippen LogP) is 1.09. The lowest BCUT2D eigenvalue weighted by Gasteiger charge is -2.08. The van der Waals surface area contributed by atoms with Crippen molar-refractivity contribution in [3.63, 3.8) is 0 Å². The molecule has 0 fully saturated rings. The van der Waals surface area contributed by atoms with Crippen LogP contribution >= 0.6 is 7.60 Å². The normalized spacial score (nSPS) is 15.6. The molecule has 0 aliphatic rings. The summed E-state index contributed by atoms with van der Waals surface area (Å²) in [6.45, 7) is 0. The Labute approximate surface area is 91.5 Å². The molecule has 3 N–H and O–H groups in total. The molecule has 0 saturated heterocycles. The molecule has 90 valence electrons. The maximum Gasteiger partial charge on any atom is 0.373 e. The fourth-order valence-electron chi connectivity index (χ4n) is 0.851. The predicted molar refractivity (Wildman–Crippen MR) is 54.9 cm³/mol. The van der Waals surface area contributed by atoms with Crippen LogP contribution in [0.15, 0.2) is 29.2 Å². The van der Waals surface area contributed by atoms with E-state index in [0.29, 0.717) is 5.69 Å². The molecule has 0 radical (unpaired) electrons.